The first-order valence-electron chi connectivity index (χ1n) is 8.35. The molecule has 1 N–H and O–H groups in total. The van der Waals surface area contributed by atoms with Crippen molar-refractivity contribution in [2.45, 2.75) is 65.4 Å². The molecule has 1 atom stereocenters. The van der Waals surface area contributed by atoms with E-state index < -0.39 is 0 Å². The molecule has 0 saturated heterocycles. The van der Waals surface area contributed by atoms with E-state index in [1.807, 2.05) is 0 Å². The molecule has 4 heteroatoms. The topological polar surface area (TPSA) is 47.0 Å². The number of hydrogen-bond donors (Lipinski definition) is 1. The Bertz CT molecular complexity index is 456. The number of aromatic nitrogens is 2. The second-order valence-electron chi connectivity index (χ2n) is 5.93. The average Bonchev–Trinajstić information content (AvgIpc) is 2.49. The second-order valence-corrected chi connectivity index (χ2v) is 5.93. The van der Waals surface area contributed by atoms with Crippen molar-refractivity contribution in [2.75, 3.05) is 19.0 Å². The molecule has 1 saturated carbocycles. The van der Waals surface area contributed by atoms with Crippen LogP contribution in [0.1, 0.15) is 69.1 Å². The van der Waals surface area contributed by atoms with Crippen LogP contribution in [-0.4, -0.2) is 23.6 Å². The maximum absolute atomic E-state index is 5.78. The van der Waals surface area contributed by atoms with Gasteiger partial charge in [0, 0.05) is 24.9 Å². The molecule has 4 nitrogen and oxygen atoms in total. The van der Waals surface area contributed by atoms with E-state index in [-0.39, 0.29) is 6.10 Å². The van der Waals surface area contributed by atoms with E-state index in [4.69, 9.17) is 14.7 Å². The van der Waals surface area contributed by atoms with E-state index in [0.29, 0.717) is 5.92 Å². The van der Waals surface area contributed by atoms with Gasteiger partial charge in [-0.2, -0.15) is 0 Å². The summed E-state index contributed by atoms with van der Waals surface area (Å²) in [5.74, 6) is 2.40. The van der Waals surface area contributed by atoms with E-state index in [0.717, 1.165) is 30.3 Å². The van der Waals surface area contributed by atoms with Gasteiger partial charge in [-0.1, -0.05) is 26.2 Å². The van der Waals surface area contributed by atoms with Gasteiger partial charge in [0.05, 0.1) is 0 Å². The van der Waals surface area contributed by atoms with Crippen LogP contribution in [0.2, 0.25) is 0 Å². The van der Waals surface area contributed by atoms with Crippen molar-refractivity contribution in [1.29, 1.82) is 0 Å². The molecule has 1 unspecified atom stereocenters. The van der Waals surface area contributed by atoms with E-state index >= 15 is 0 Å². The standard InChI is InChI=1S/C17H29N3O/c1-5-14-12(3)19-17(20-16(14)18-6-2)15(21-4)13-10-8-7-9-11-13/h13,15H,5-11H2,1-4H3,(H,18,19,20). The zero-order valence-corrected chi connectivity index (χ0v) is 13.9. The van der Waals surface area contributed by atoms with Gasteiger partial charge >= 0.3 is 0 Å². The zero-order chi connectivity index (χ0) is 15.2. The van der Waals surface area contributed by atoms with Crippen LogP contribution in [0.3, 0.4) is 0 Å². The maximum atomic E-state index is 5.78. The van der Waals surface area contributed by atoms with Crippen molar-refractivity contribution in [3.05, 3.63) is 17.1 Å². The molecule has 1 heterocycles. The first kappa shape index (κ1) is 16.2. The van der Waals surface area contributed by atoms with Crippen LogP contribution in [0.4, 0.5) is 5.82 Å². The Morgan fingerprint density at radius 1 is 1.19 bits per heavy atom. The summed E-state index contributed by atoms with van der Waals surface area (Å²) < 4.78 is 5.78. The third kappa shape index (κ3) is 3.73. The molecule has 0 amide bonds. The minimum absolute atomic E-state index is 0.0345. The van der Waals surface area contributed by atoms with E-state index in [2.05, 4.69) is 26.1 Å². The predicted octanol–water partition coefficient (Wildman–Crippen LogP) is 4.05. The fraction of sp³-hybridized carbons (Fsp3) is 0.765. The van der Waals surface area contributed by atoms with Crippen molar-refractivity contribution in [3.63, 3.8) is 0 Å². The Morgan fingerprint density at radius 2 is 1.90 bits per heavy atom. The van der Waals surface area contributed by atoms with Gasteiger partial charge in [-0.15, -0.1) is 0 Å². The van der Waals surface area contributed by atoms with Crippen LogP contribution in [-0.2, 0) is 11.2 Å². The minimum Gasteiger partial charge on any atom is -0.373 e. The van der Waals surface area contributed by atoms with Crippen molar-refractivity contribution >= 4 is 5.82 Å². The number of rotatable bonds is 6. The molecule has 21 heavy (non-hydrogen) atoms. The summed E-state index contributed by atoms with van der Waals surface area (Å²) in [4.78, 5) is 9.55. The SMILES string of the molecule is CCNc1nc(C(OC)C2CCCCC2)nc(C)c1CC. The van der Waals surface area contributed by atoms with Gasteiger partial charge in [0.1, 0.15) is 11.9 Å². The average molecular weight is 291 g/mol. The third-order valence-electron chi connectivity index (χ3n) is 4.52. The number of nitrogens with one attached hydrogen (secondary N) is 1. The van der Waals surface area contributed by atoms with Crippen LogP contribution in [0, 0.1) is 12.8 Å². The number of hydrogen-bond acceptors (Lipinski definition) is 4. The molecule has 0 spiro atoms. The molecule has 118 valence electrons. The fourth-order valence-electron chi connectivity index (χ4n) is 3.43. The first-order chi connectivity index (χ1) is 10.2. The molecule has 1 aromatic heterocycles. The quantitative estimate of drug-likeness (QED) is 0.859. The van der Waals surface area contributed by atoms with Gasteiger partial charge in [0.25, 0.3) is 0 Å². The van der Waals surface area contributed by atoms with E-state index in [1.54, 1.807) is 7.11 Å². The van der Waals surface area contributed by atoms with Crippen molar-refractivity contribution in [2.24, 2.45) is 5.92 Å². The molecule has 1 aromatic rings. The monoisotopic (exact) mass is 291 g/mol. The summed E-state index contributed by atoms with van der Waals surface area (Å²) in [6.45, 7) is 7.22. The Labute approximate surface area is 128 Å². The largest absolute Gasteiger partial charge is 0.373 e. The lowest BCUT2D eigenvalue weighted by Crippen LogP contribution is -2.21. The highest BCUT2D eigenvalue weighted by molar-refractivity contribution is 5.46. The Balaban J connectivity index is 2.31. The summed E-state index contributed by atoms with van der Waals surface area (Å²) in [5, 5.41) is 3.38. The molecule has 1 aliphatic rings. The molecule has 0 aliphatic heterocycles. The van der Waals surface area contributed by atoms with Gasteiger partial charge in [-0.25, -0.2) is 9.97 Å². The number of methoxy groups -OCH3 is 1. The van der Waals surface area contributed by atoms with Crippen molar-refractivity contribution < 1.29 is 4.74 Å². The highest BCUT2D eigenvalue weighted by Crippen LogP contribution is 2.36. The number of ether oxygens (including phenoxy) is 1. The Morgan fingerprint density at radius 3 is 2.48 bits per heavy atom. The molecule has 0 radical (unpaired) electrons. The lowest BCUT2D eigenvalue weighted by atomic mass is 9.85. The zero-order valence-electron chi connectivity index (χ0n) is 13.9. The third-order valence-corrected chi connectivity index (χ3v) is 4.52. The molecule has 1 fully saturated rings. The van der Waals surface area contributed by atoms with E-state index in [1.165, 1.54) is 37.7 Å². The minimum atomic E-state index is 0.0345. The molecule has 0 aromatic carbocycles. The van der Waals surface area contributed by atoms with Gasteiger partial charge in [0.2, 0.25) is 0 Å². The number of anilines is 1. The molecule has 1 aliphatic carbocycles. The van der Waals surface area contributed by atoms with Crippen LogP contribution < -0.4 is 5.32 Å². The van der Waals surface area contributed by atoms with Gasteiger partial charge in [-0.05, 0) is 39.0 Å². The molecule has 2 rings (SSSR count). The smallest absolute Gasteiger partial charge is 0.160 e. The lowest BCUT2D eigenvalue weighted by molar-refractivity contribution is 0.0289. The van der Waals surface area contributed by atoms with E-state index in [9.17, 15) is 0 Å². The van der Waals surface area contributed by atoms with Crippen molar-refractivity contribution in [3.8, 4) is 0 Å². The summed E-state index contributed by atoms with van der Waals surface area (Å²) >= 11 is 0. The maximum Gasteiger partial charge on any atom is 0.160 e. The van der Waals surface area contributed by atoms with Crippen LogP contribution >= 0.6 is 0 Å². The molecular weight excluding hydrogens is 262 g/mol. The van der Waals surface area contributed by atoms with Gasteiger partial charge in [0.15, 0.2) is 5.82 Å². The highest BCUT2D eigenvalue weighted by Gasteiger charge is 2.28. The fourth-order valence-corrected chi connectivity index (χ4v) is 3.43. The lowest BCUT2D eigenvalue weighted by Gasteiger charge is -2.29. The second kappa shape index (κ2) is 7.74. The van der Waals surface area contributed by atoms with Gasteiger partial charge < -0.3 is 10.1 Å². The van der Waals surface area contributed by atoms with Crippen LogP contribution in [0.25, 0.3) is 0 Å². The van der Waals surface area contributed by atoms with Crippen LogP contribution in [0.15, 0.2) is 0 Å². The Kier molecular flexibility index (Phi) is 5.97. The molecular formula is C17H29N3O. The number of aryl methyl sites for hydroxylation is 1. The predicted molar refractivity (Wildman–Crippen MR) is 86.6 cm³/mol. The number of nitrogens with zero attached hydrogens (tertiary/aromatic N) is 2. The summed E-state index contributed by atoms with van der Waals surface area (Å²) in [7, 11) is 1.79. The molecule has 0 bridgehead atoms. The first-order valence-corrected chi connectivity index (χ1v) is 8.35. The normalized spacial score (nSPS) is 17.7. The Hall–Kier alpha value is -1.16. The van der Waals surface area contributed by atoms with Gasteiger partial charge in [-0.3, -0.25) is 0 Å². The summed E-state index contributed by atoms with van der Waals surface area (Å²) in [6.07, 6.45) is 7.40. The highest BCUT2D eigenvalue weighted by atomic mass is 16.5. The summed E-state index contributed by atoms with van der Waals surface area (Å²) in [6, 6.07) is 0. The summed E-state index contributed by atoms with van der Waals surface area (Å²) in [5.41, 5.74) is 2.30. The van der Waals surface area contributed by atoms with Crippen molar-refractivity contribution in [1.82, 2.24) is 9.97 Å². The van der Waals surface area contributed by atoms with Crippen LogP contribution in [0.5, 0.6) is 0 Å².